The van der Waals surface area contributed by atoms with Crippen molar-refractivity contribution in [3.8, 4) is 0 Å². The maximum atomic E-state index is 13.4. The molecule has 3 fully saturated rings. The topological polar surface area (TPSA) is 143 Å². The van der Waals surface area contributed by atoms with Gasteiger partial charge in [-0.25, -0.2) is 0 Å². The Hall–Kier alpha value is -2.14. The van der Waals surface area contributed by atoms with Crippen LogP contribution in [0, 0.1) is 33.5 Å². The maximum Gasteiger partial charge on any atom is 0.265 e. The highest BCUT2D eigenvalue weighted by Crippen LogP contribution is 2.66. The molecule has 0 aliphatic heterocycles. The Balaban J connectivity index is 1.54. The van der Waals surface area contributed by atoms with Crippen LogP contribution in [-0.4, -0.2) is 49.5 Å². The smallest absolute Gasteiger partial charge is 0.265 e. The molecule has 0 saturated heterocycles. The number of carbonyl (C=O) groups is 2. The van der Waals surface area contributed by atoms with Gasteiger partial charge in [0, 0.05) is 11.0 Å². The number of fused-ring (bicyclic) bond motifs is 2. The van der Waals surface area contributed by atoms with E-state index in [4.69, 9.17) is 0 Å². The van der Waals surface area contributed by atoms with Crippen molar-refractivity contribution in [3.05, 3.63) is 47.0 Å². The zero-order chi connectivity index (χ0) is 28.4. The van der Waals surface area contributed by atoms with Crippen LogP contribution >= 0.6 is 0 Å². The zero-order valence-corrected chi connectivity index (χ0v) is 23.8. The normalized spacial score (nSPS) is 33.4. The molecule has 208 valence electrons. The van der Waals surface area contributed by atoms with Crippen molar-refractivity contribution in [3.63, 3.8) is 0 Å². The van der Waals surface area contributed by atoms with Crippen molar-refractivity contribution in [2.24, 2.45) is 33.5 Å². The Bertz CT molecular complexity index is 1420. The van der Waals surface area contributed by atoms with Gasteiger partial charge in [0.1, 0.15) is 6.29 Å². The lowest BCUT2D eigenvalue weighted by atomic mass is 9.66. The van der Waals surface area contributed by atoms with Crippen molar-refractivity contribution in [2.45, 2.75) is 53.4 Å². The molecule has 10 heteroatoms. The van der Waals surface area contributed by atoms with E-state index in [2.05, 4.69) is 0 Å². The minimum Gasteiger partial charge on any atom is -0.303 e. The molecular formula is C28H36O8S2. The molecular weight excluding hydrogens is 528 g/mol. The van der Waals surface area contributed by atoms with E-state index in [0.29, 0.717) is 37.5 Å². The van der Waals surface area contributed by atoms with Crippen molar-refractivity contribution < 1.29 is 35.5 Å². The van der Waals surface area contributed by atoms with E-state index in [1.54, 1.807) is 0 Å². The van der Waals surface area contributed by atoms with E-state index in [0.717, 1.165) is 11.1 Å². The van der Waals surface area contributed by atoms with Gasteiger partial charge in [0.25, 0.3) is 20.2 Å². The summed E-state index contributed by atoms with van der Waals surface area (Å²) >= 11 is 0. The summed E-state index contributed by atoms with van der Waals surface area (Å²) in [5, 5.41) is 0. The van der Waals surface area contributed by atoms with E-state index < -0.39 is 53.4 Å². The Labute approximate surface area is 225 Å². The van der Waals surface area contributed by atoms with Gasteiger partial charge in [-0.15, -0.1) is 0 Å². The lowest BCUT2D eigenvalue weighted by Crippen LogP contribution is -2.42. The van der Waals surface area contributed by atoms with Gasteiger partial charge in [-0.1, -0.05) is 64.1 Å². The number of hydrogen-bond donors (Lipinski definition) is 2. The molecule has 38 heavy (non-hydrogen) atoms. The number of carbonyl (C=O) groups excluding carboxylic acids is 2. The lowest BCUT2D eigenvalue weighted by Gasteiger charge is -2.38. The number of benzene rings is 1. The molecule has 4 atom stereocenters. The largest absolute Gasteiger partial charge is 0.303 e. The molecule has 1 aromatic carbocycles. The quantitative estimate of drug-likeness (QED) is 0.267. The van der Waals surface area contributed by atoms with Crippen LogP contribution in [0.3, 0.4) is 0 Å². The second-order valence-corrected chi connectivity index (χ2v) is 15.3. The Morgan fingerprint density at radius 2 is 1.45 bits per heavy atom. The standard InChI is InChI=1S/C28H36O8S2/c1-25(2)21(11-13-27(25,16-29)17-37(31,32)33)10-9-19-5-7-20(8-6-19)15-22-23-12-14-28(24(22)30,26(23,3)4)18-38(34,35)36/h5-10,15-16,21,23H,11-14,17-18H2,1-4H3,(H,31,32,33)(H,34,35,36)/b10-9+,22-15-. The summed E-state index contributed by atoms with van der Waals surface area (Å²) in [7, 11) is -8.62. The van der Waals surface area contributed by atoms with Crippen LogP contribution in [0.4, 0.5) is 0 Å². The summed E-state index contributed by atoms with van der Waals surface area (Å²) in [6.45, 7) is 7.52. The first kappa shape index (κ1) is 28.9. The van der Waals surface area contributed by atoms with Gasteiger partial charge >= 0.3 is 0 Å². The van der Waals surface area contributed by atoms with Gasteiger partial charge in [-0.3, -0.25) is 13.9 Å². The Morgan fingerprint density at radius 3 is 2.00 bits per heavy atom. The summed E-state index contributed by atoms with van der Waals surface area (Å²) < 4.78 is 65.6. The minimum atomic E-state index is -4.31. The Kier molecular flexibility index (Phi) is 7.00. The van der Waals surface area contributed by atoms with Crippen molar-refractivity contribution >= 4 is 44.5 Å². The molecule has 0 radical (unpaired) electrons. The molecule has 4 rings (SSSR count). The third kappa shape index (κ3) is 4.74. The fourth-order valence-electron chi connectivity index (χ4n) is 7.33. The van der Waals surface area contributed by atoms with Gasteiger partial charge < -0.3 is 4.79 Å². The van der Waals surface area contributed by atoms with Crippen LogP contribution in [-0.2, 0) is 29.8 Å². The van der Waals surface area contributed by atoms with E-state index in [9.17, 15) is 35.5 Å². The number of rotatable bonds is 8. The Morgan fingerprint density at radius 1 is 0.868 bits per heavy atom. The molecule has 3 saturated carbocycles. The van der Waals surface area contributed by atoms with Crippen molar-refractivity contribution in [1.82, 2.24) is 0 Å². The molecule has 0 amide bonds. The highest BCUT2D eigenvalue weighted by molar-refractivity contribution is 7.86. The first-order valence-corrected chi connectivity index (χ1v) is 16.0. The van der Waals surface area contributed by atoms with Gasteiger partial charge in [-0.05, 0) is 65.6 Å². The van der Waals surface area contributed by atoms with Crippen LogP contribution < -0.4 is 0 Å². The van der Waals surface area contributed by atoms with Gasteiger partial charge in [0.2, 0.25) is 0 Å². The minimum absolute atomic E-state index is 0.0656. The summed E-state index contributed by atoms with van der Waals surface area (Å²) in [5.41, 5.74) is -1.20. The molecule has 1 aromatic rings. The molecule has 2 bridgehead atoms. The highest BCUT2D eigenvalue weighted by Gasteiger charge is 2.67. The van der Waals surface area contributed by atoms with E-state index in [-0.39, 0.29) is 17.6 Å². The molecule has 0 spiro atoms. The van der Waals surface area contributed by atoms with Crippen molar-refractivity contribution in [1.29, 1.82) is 0 Å². The van der Waals surface area contributed by atoms with Crippen LogP contribution in [0.15, 0.2) is 35.9 Å². The van der Waals surface area contributed by atoms with Crippen LogP contribution in [0.25, 0.3) is 12.2 Å². The number of allylic oxidation sites excluding steroid dienone is 2. The summed E-state index contributed by atoms with van der Waals surface area (Å²) in [5.74, 6) is -1.50. The third-order valence-electron chi connectivity index (χ3n) is 10.0. The zero-order valence-electron chi connectivity index (χ0n) is 22.2. The average molecular weight is 565 g/mol. The predicted molar refractivity (Wildman–Crippen MR) is 145 cm³/mol. The van der Waals surface area contributed by atoms with E-state index in [1.807, 2.05) is 70.2 Å². The molecule has 0 aromatic heterocycles. The molecule has 4 unspecified atom stereocenters. The molecule has 3 aliphatic carbocycles. The summed E-state index contributed by atoms with van der Waals surface area (Å²) in [6, 6.07) is 7.55. The van der Waals surface area contributed by atoms with Crippen LogP contribution in [0.1, 0.15) is 64.5 Å². The third-order valence-corrected chi connectivity index (χ3v) is 11.8. The number of ketones is 1. The second kappa shape index (κ2) is 9.21. The first-order valence-electron chi connectivity index (χ1n) is 12.8. The van der Waals surface area contributed by atoms with E-state index >= 15 is 0 Å². The van der Waals surface area contributed by atoms with Crippen molar-refractivity contribution in [2.75, 3.05) is 11.5 Å². The maximum absolute atomic E-state index is 13.4. The first-order chi connectivity index (χ1) is 17.4. The SMILES string of the molecule is CC1(C)C(/C=C/c2ccc(/C=C3\C(=O)C4(CS(=O)(=O)O)CCC3C4(C)C)cc2)CCC1(C=O)CS(=O)(=O)O. The number of Topliss-reactive ketones (excluding diaryl/α,β-unsaturated/α-hetero) is 1. The average Bonchev–Trinajstić information content (AvgIpc) is 3.23. The second-order valence-electron chi connectivity index (χ2n) is 12.4. The molecule has 0 heterocycles. The van der Waals surface area contributed by atoms with Gasteiger partial charge in [0.15, 0.2) is 5.78 Å². The fourth-order valence-corrected chi connectivity index (χ4v) is 9.84. The van der Waals surface area contributed by atoms with E-state index in [1.165, 1.54) is 0 Å². The van der Waals surface area contributed by atoms with Gasteiger partial charge in [0.05, 0.1) is 16.9 Å². The predicted octanol–water partition coefficient (Wildman–Crippen LogP) is 4.49. The highest BCUT2D eigenvalue weighted by atomic mass is 32.2. The molecule has 8 nitrogen and oxygen atoms in total. The van der Waals surface area contributed by atoms with Gasteiger partial charge in [-0.2, -0.15) is 16.8 Å². The number of aldehydes is 1. The fraction of sp³-hybridized carbons (Fsp3) is 0.571. The molecule has 2 N–H and O–H groups in total. The molecule has 3 aliphatic rings. The monoisotopic (exact) mass is 564 g/mol. The summed E-state index contributed by atoms with van der Waals surface area (Å²) in [4.78, 5) is 25.3. The summed E-state index contributed by atoms with van der Waals surface area (Å²) in [6.07, 6.45) is 8.52. The lowest BCUT2D eigenvalue weighted by molar-refractivity contribution is -0.125. The van der Waals surface area contributed by atoms with Crippen LogP contribution in [0.2, 0.25) is 0 Å². The number of hydrogen-bond acceptors (Lipinski definition) is 6. The van der Waals surface area contributed by atoms with Crippen LogP contribution in [0.5, 0.6) is 0 Å².